The van der Waals surface area contributed by atoms with Crippen LogP contribution in [0.2, 0.25) is 0 Å². The summed E-state index contributed by atoms with van der Waals surface area (Å²) in [6, 6.07) is 9.21. The van der Waals surface area contributed by atoms with Crippen LogP contribution in [0.1, 0.15) is 28.7 Å². The topological polar surface area (TPSA) is 97.1 Å². The van der Waals surface area contributed by atoms with Gasteiger partial charge in [-0.05, 0) is 38.0 Å². The van der Waals surface area contributed by atoms with E-state index in [2.05, 4.69) is 27.4 Å². The molecule has 1 aromatic carbocycles. The number of carbonyl (C=O) groups is 1. The van der Waals surface area contributed by atoms with Crippen LogP contribution in [0, 0.1) is 19.8 Å². The highest BCUT2D eigenvalue weighted by Crippen LogP contribution is 2.14. The fourth-order valence-corrected chi connectivity index (χ4v) is 3.42. The van der Waals surface area contributed by atoms with Crippen LogP contribution >= 0.6 is 0 Å². The van der Waals surface area contributed by atoms with E-state index < -0.39 is 0 Å². The second-order valence-electron chi connectivity index (χ2n) is 7.21. The van der Waals surface area contributed by atoms with Crippen molar-refractivity contribution >= 4 is 22.5 Å². The van der Waals surface area contributed by atoms with Crippen LogP contribution in [0.15, 0.2) is 41.3 Å². The van der Waals surface area contributed by atoms with Crippen molar-refractivity contribution in [1.29, 1.82) is 0 Å². The van der Waals surface area contributed by atoms with Crippen LogP contribution in [0.5, 0.6) is 0 Å². The molecule has 0 fully saturated rings. The van der Waals surface area contributed by atoms with Crippen molar-refractivity contribution in [1.82, 2.24) is 29.7 Å². The average Bonchev–Trinajstić information content (AvgIpc) is 3.23. The Morgan fingerprint density at radius 3 is 2.82 bits per heavy atom. The van der Waals surface area contributed by atoms with Crippen molar-refractivity contribution in [3.05, 3.63) is 63.8 Å². The lowest BCUT2D eigenvalue weighted by molar-refractivity contribution is 0.0948. The zero-order chi connectivity index (χ0) is 19.8. The highest BCUT2D eigenvalue weighted by Gasteiger charge is 2.17. The molecule has 0 spiro atoms. The van der Waals surface area contributed by atoms with Crippen LogP contribution in [0.3, 0.4) is 0 Å². The Morgan fingerprint density at radius 2 is 2.07 bits per heavy atom. The molecule has 8 heteroatoms. The van der Waals surface area contributed by atoms with E-state index in [4.69, 9.17) is 0 Å². The number of nitrogens with zero attached hydrogens (tertiary/aromatic N) is 4. The van der Waals surface area contributed by atoms with Crippen LogP contribution < -0.4 is 10.9 Å². The van der Waals surface area contributed by atoms with Crippen LogP contribution in [0.25, 0.3) is 16.6 Å². The van der Waals surface area contributed by atoms with Crippen molar-refractivity contribution in [3.63, 3.8) is 0 Å². The van der Waals surface area contributed by atoms with E-state index in [1.807, 2.05) is 36.7 Å². The lowest BCUT2D eigenvalue weighted by atomic mass is 10.1. The molecule has 0 aliphatic carbocycles. The maximum Gasteiger partial charge on any atom is 0.259 e. The number of para-hydroxylation sites is 1. The molecule has 0 aliphatic heterocycles. The number of hydrogen-bond donors (Lipinski definition) is 2. The number of aryl methyl sites for hydroxylation is 2. The van der Waals surface area contributed by atoms with Crippen molar-refractivity contribution in [2.75, 3.05) is 6.54 Å². The molecule has 0 saturated carbocycles. The second-order valence-corrected chi connectivity index (χ2v) is 7.21. The maximum atomic E-state index is 12.7. The number of benzene rings is 1. The monoisotopic (exact) mass is 378 g/mol. The molecule has 1 atom stereocenters. The fourth-order valence-electron chi connectivity index (χ4n) is 3.42. The van der Waals surface area contributed by atoms with E-state index in [1.54, 1.807) is 16.6 Å². The van der Waals surface area contributed by atoms with Gasteiger partial charge in [-0.15, -0.1) is 0 Å². The number of aromatic amines is 1. The molecule has 0 radical (unpaired) electrons. The Kier molecular flexibility index (Phi) is 4.46. The molecule has 3 heterocycles. The average molecular weight is 378 g/mol. The third kappa shape index (κ3) is 3.17. The van der Waals surface area contributed by atoms with Gasteiger partial charge in [-0.3, -0.25) is 14.3 Å². The minimum atomic E-state index is -0.263. The first kappa shape index (κ1) is 18.0. The minimum Gasteiger partial charge on any atom is -0.352 e. The summed E-state index contributed by atoms with van der Waals surface area (Å²) in [6.07, 6.45) is 1.48. The Balaban J connectivity index is 1.53. The molecular formula is C20H22N6O2. The van der Waals surface area contributed by atoms with E-state index in [9.17, 15) is 9.59 Å². The van der Waals surface area contributed by atoms with E-state index in [-0.39, 0.29) is 17.4 Å². The van der Waals surface area contributed by atoms with E-state index in [0.717, 1.165) is 17.9 Å². The third-order valence-electron chi connectivity index (χ3n) is 4.82. The molecule has 2 N–H and O–H groups in total. The summed E-state index contributed by atoms with van der Waals surface area (Å²) in [5.74, 6) is -0.0650. The van der Waals surface area contributed by atoms with E-state index in [0.29, 0.717) is 28.7 Å². The summed E-state index contributed by atoms with van der Waals surface area (Å²) in [6.45, 7) is 7.25. The van der Waals surface area contributed by atoms with Gasteiger partial charge in [0, 0.05) is 18.8 Å². The molecular weight excluding hydrogens is 356 g/mol. The van der Waals surface area contributed by atoms with Gasteiger partial charge < -0.3 is 10.3 Å². The third-order valence-corrected chi connectivity index (χ3v) is 4.82. The van der Waals surface area contributed by atoms with Crippen molar-refractivity contribution < 1.29 is 4.79 Å². The van der Waals surface area contributed by atoms with Crippen molar-refractivity contribution in [2.24, 2.45) is 5.92 Å². The fraction of sp³-hybridized carbons (Fsp3) is 0.300. The lowest BCUT2D eigenvalue weighted by Crippen LogP contribution is -2.30. The van der Waals surface area contributed by atoms with Gasteiger partial charge in [-0.2, -0.15) is 10.2 Å². The molecule has 4 aromatic rings. The summed E-state index contributed by atoms with van der Waals surface area (Å²) in [5, 5.41) is 12.2. The Hall–Kier alpha value is -3.42. The molecule has 1 unspecified atom stereocenters. The normalized spacial score (nSPS) is 12.5. The number of aromatic nitrogens is 5. The van der Waals surface area contributed by atoms with Gasteiger partial charge in [0.05, 0.1) is 22.8 Å². The number of hydrogen-bond acceptors (Lipinski definition) is 4. The molecule has 3 aromatic heterocycles. The minimum absolute atomic E-state index is 0.198. The highest BCUT2D eigenvalue weighted by atomic mass is 16.2. The standard InChI is InChI=1S/C20H22N6O2/c1-12(11-25-14(3)8-13(2)24-25)9-21-19(27)16-10-22-26-17-7-5-4-6-15(17)20(28)23-18(16)26/h4-8,10,12H,9,11H2,1-3H3,(H,21,27)(H,23,28). The largest absolute Gasteiger partial charge is 0.352 e. The first-order chi connectivity index (χ1) is 13.4. The quantitative estimate of drug-likeness (QED) is 0.555. The molecule has 1 amide bonds. The Morgan fingerprint density at radius 1 is 1.29 bits per heavy atom. The maximum absolute atomic E-state index is 12.7. The number of nitrogens with one attached hydrogen (secondary N) is 2. The van der Waals surface area contributed by atoms with Crippen LogP contribution in [-0.4, -0.2) is 36.8 Å². The summed E-state index contributed by atoms with van der Waals surface area (Å²) in [7, 11) is 0. The number of rotatable bonds is 5. The summed E-state index contributed by atoms with van der Waals surface area (Å²) in [4.78, 5) is 27.8. The smallest absolute Gasteiger partial charge is 0.259 e. The zero-order valence-electron chi connectivity index (χ0n) is 16.1. The molecule has 28 heavy (non-hydrogen) atoms. The van der Waals surface area contributed by atoms with Crippen molar-refractivity contribution in [3.8, 4) is 0 Å². The number of amides is 1. The van der Waals surface area contributed by atoms with Gasteiger partial charge in [0.25, 0.3) is 11.5 Å². The Bertz CT molecular complexity index is 1230. The lowest BCUT2D eigenvalue weighted by Gasteiger charge is -2.13. The molecule has 8 nitrogen and oxygen atoms in total. The highest BCUT2D eigenvalue weighted by molar-refractivity contribution is 6.00. The van der Waals surface area contributed by atoms with Gasteiger partial charge >= 0.3 is 0 Å². The first-order valence-electron chi connectivity index (χ1n) is 9.22. The van der Waals surface area contributed by atoms with Crippen LogP contribution in [0.4, 0.5) is 0 Å². The van der Waals surface area contributed by atoms with Gasteiger partial charge in [0.2, 0.25) is 0 Å². The number of carbonyl (C=O) groups excluding carboxylic acids is 1. The SMILES string of the molecule is Cc1cc(C)n(CC(C)CNC(=O)c2cnn3c2[nH]c(=O)c2ccccc23)n1. The van der Waals surface area contributed by atoms with Gasteiger partial charge in [-0.1, -0.05) is 19.1 Å². The zero-order valence-corrected chi connectivity index (χ0v) is 16.1. The predicted octanol–water partition coefficient (Wildman–Crippen LogP) is 2.06. The van der Waals surface area contributed by atoms with Gasteiger partial charge in [-0.25, -0.2) is 4.52 Å². The summed E-state index contributed by atoms with van der Waals surface area (Å²) in [5.41, 5.74) is 3.25. The number of H-pyrrole nitrogens is 1. The number of fused-ring (bicyclic) bond motifs is 3. The van der Waals surface area contributed by atoms with Crippen LogP contribution in [-0.2, 0) is 6.54 Å². The van der Waals surface area contributed by atoms with Gasteiger partial charge in [0.15, 0.2) is 0 Å². The molecule has 0 bridgehead atoms. The molecule has 144 valence electrons. The van der Waals surface area contributed by atoms with E-state index in [1.165, 1.54) is 6.20 Å². The Labute approximate surface area is 161 Å². The van der Waals surface area contributed by atoms with Crippen molar-refractivity contribution in [2.45, 2.75) is 27.3 Å². The van der Waals surface area contributed by atoms with E-state index >= 15 is 0 Å². The molecule has 0 saturated heterocycles. The first-order valence-corrected chi connectivity index (χ1v) is 9.22. The van der Waals surface area contributed by atoms with Gasteiger partial charge in [0.1, 0.15) is 11.2 Å². The summed E-state index contributed by atoms with van der Waals surface area (Å²) < 4.78 is 3.54. The molecule has 4 rings (SSSR count). The second kappa shape index (κ2) is 6.95. The molecule has 0 aliphatic rings. The predicted molar refractivity (Wildman–Crippen MR) is 107 cm³/mol. The summed E-state index contributed by atoms with van der Waals surface area (Å²) >= 11 is 0.